The van der Waals surface area contributed by atoms with Crippen LogP contribution in [0.3, 0.4) is 0 Å². The molecule has 0 saturated carbocycles. The van der Waals surface area contributed by atoms with Crippen LogP contribution in [0.2, 0.25) is 0 Å². The van der Waals surface area contributed by atoms with Crippen molar-refractivity contribution in [2.24, 2.45) is 0 Å². The molecule has 2 N–H and O–H groups in total. The molecule has 154 valence electrons. The van der Waals surface area contributed by atoms with Gasteiger partial charge < -0.3 is 10.1 Å². The summed E-state index contributed by atoms with van der Waals surface area (Å²) in [6.45, 7) is 1.96. The van der Waals surface area contributed by atoms with Crippen LogP contribution in [0.1, 0.15) is 11.1 Å². The van der Waals surface area contributed by atoms with E-state index in [-0.39, 0.29) is 10.8 Å². The Kier molecular flexibility index (Phi) is 6.54. The summed E-state index contributed by atoms with van der Waals surface area (Å²) >= 11 is 0. The van der Waals surface area contributed by atoms with Gasteiger partial charge in [0.05, 0.1) is 12.0 Å². The van der Waals surface area contributed by atoms with E-state index < -0.39 is 10.0 Å². The number of ether oxygens (including phenoxy) is 1. The Hall–Kier alpha value is -3.58. The molecule has 3 rings (SSSR count). The monoisotopic (exact) mass is 422 g/mol. The Balaban J connectivity index is 1.71. The molecule has 0 saturated heterocycles. The standard InChI is InChI=1S/C23H22N2O4S/c1-17-6-3-4-7-18(17)10-15-23(26)24-20-8-5-9-22(16-20)30(27,28)25-19-11-13-21(29-2)14-12-19/h3-16,25H,1-2H3,(H,24,26)/b15-10+. The first-order valence-electron chi connectivity index (χ1n) is 9.19. The quantitative estimate of drug-likeness (QED) is 0.551. The van der Waals surface area contributed by atoms with Gasteiger partial charge in [-0.2, -0.15) is 0 Å². The number of amides is 1. The van der Waals surface area contributed by atoms with Crippen LogP contribution in [0.5, 0.6) is 5.75 Å². The minimum absolute atomic E-state index is 0.0407. The Morgan fingerprint density at radius 1 is 0.933 bits per heavy atom. The van der Waals surface area contributed by atoms with Gasteiger partial charge in [-0.3, -0.25) is 9.52 Å². The second kappa shape index (κ2) is 9.28. The van der Waals surface area contributed by atoms with E-state index in [1.54, 1.807) is 42.5 Å². The summed E-state index contributed by atoms with van der Waals surface area (Å²) < 4.78 is 32.9. The van der Waals surface area contributed by atoms with Crippen LogP contribution < -0.4 is 14.8 Å². The molecule has 0 fully saturated rings. The van der Waals surface area contributed by atoms with Crippen LogP contribution in [0.25, 0.3) is 6.08 Å². The van der Waals surface area contributed by atoms with Crippen molar-refractivity contribution in [2.45, 2.75) is 11.8 Å². The number of rotatable bonds is 7. The molecule has 30 heavy (non-hydrogen) atoms. The number of aryl methyl sites for hydroxylation is 1. The van der Waals surface area contributed by atoms with E-state index in [2.05, 4.69) is 10.0 Å². The fourth-order valence-corrected chi connectivity index (χ4v) is 3.84. The summed E-state index contributed by atoms with van der Waals surface area (Å²) in [5.74, 6) is 0.275. The minimum Gasteiger partial charge on any atom is -0.497 e. The Bertz CT molecular complexity index is 1170. The summed E-state index contributed by atoms with van der Waals surface area (Å²) in [7, 11) is -2.28. The molecule has 0 unspecified atom stereocenters. The number of hydrogen-bond acceptors (Lipinski definition) is 4. The highest BCUT2D eigenvalue weighted by Gasteiger charge is 2.15. The molecule has 0 aliphatic heterocycles. The summed E-state index contributed by atoms with van der Waals surface area (Å²) in [6.07, 6.45) is 3.13. The average Bonchev–Trinajstić information content (AvgIpc) is 2.74. The molecule has 0 atom stereocenters. The Morgan fingerprint density at radius 3 is 2.37 bits per heavy atom. The number of benzene rings is 3. The van der Waals surface area contributed by atoms with E-state index in [0.717, 1.165) is 11.1 Å². The normalized spacial score (nSPS) is 11.3. The van der Waals surface area contributed by atoms with Crippen molar-refractivity contribution in [3.05, 3.63) is 90.0 Å². The number of nitrogens with one attached hydrogen (secondary N) is 2. The lowest BCUT2D eigenvalue weighted by atomic mass is 10.1. The lowest BCUT2D eigenvalue weighted by molar-refractivity contribution is -0.111. The lowest BCUT2D eigenvalue weighted by Crippen LogP contribution is -2.14. The van der Waals surface area contributed by atoms with Gasteiger partial charge >= 0.3 is 0 Å². The average molecular weight is 423 g/mol. The van der Waals surface area contributed by atoms with Crippen LogP contribution in [0, 0.1) is 6.92 Å². The number of methoxy groups -OCH3 is 1. The fourth-order valence-electron chi connectivity index (χ4n) is 2.74. The fraction of sp³-hybridized carbons (Fsp3) is 0.0870. The van der Waals surface area contributed by atoms with Gasteiger partial charge in [-0.15, -0.1) is 0 Å². The van der Waals surface area contributed by atoms with Gasteiger partial charge in [0, 0.05) is 17.5 Å². The molecule has 6 nitrogen and oxygen atoms in total. The van der Waals surface area contributed by atoms with Crippen LogP contribution in [0.15, 0.2) is 83.8 Å². The van der Waals surface area contributed by atoms with Crippen molar-refractivity contribution in [2.75, 3.05) is 17.1 Å². The SMILES string of the molecule is COc1ccc(NS(=O)(=O)c2cccc(NC(=O)/C=C/c3ccccc3C)c2)cc1. The summed E-state index contributed by atoms with van der Waals surface area (Å²) in [5.41, 5.74) is 2.78. The first-order chi connectivity index (χ1) is 14.4. The van der Waals surface area contributed by atoms with Crippen molar-refractivity contribution < 1.29 is 17.9 Å². The van der Waals surface area contributed by atoms with Crippen LogP contribution >= 0.6 is 0 Å². The third kappa shape index (κ3) is 5.48. The highest BCUT2D eigenvalue weighted by atomic mass is 32.2. The molecule has 3 aromatic carbocycles. The van der Waals surface area contributed by atoms with E-state index in [1.165, 1.54) is 25.3 Å². The molecule has 0 radical (unpaired) electrons. The van der Waals surface area contributed by atoms with Crippen molar-refractivity contribution in [3.8, 4) is 5.75 Å². The molecule has 0 aromatic heterocycles. The molecule has 0 bridgehead atoms. The number of carbonyl (C=O) groups is 1. The van der Waals surface area contributed by atoms with Crippen molar-refractivity contribution in [1.29, 1.82) is 0 Å². The topological polar surface area (TPSA) is 84.5 Å². The van der Waals surface area contributed by atoms with Gasteiger partial charge in [-0.05, 0) is 66.6 Å². The molecule has 0 heterocycles. The summed E-state index contributed by atoms with van der Waals surface area (Å²) in [5, 5.41) is 2.69. The largest absolute Gasteiger partial charge is 0.497 e. The zero-order chi connectivity index (χ0) is 21.6. The predicted molar refractivity (Wildman–Crippen MR) is 119 cm³/mol. The van der Waals surface area contributed by atoms with E-state index in [4.69, 9.17) is 4.74 Å². The van der Waals surface area contributed by atoms with Gasteiger partial charge in [0.2, 0.25) is 5.91 Å². The first-order valence-corrected chi connectivity index (χ1v) is 10.7. The Morgan fingerprint density at radius 2 is 1.67 bits per heavy atom. The molecule has 0 spiro atoms. The highest BCUT2D eigenvalue weighted by Crippen LogP contribution is 2.21. The van der Waals surface area contributed by atoms with Crippen molar-refractivity contribution >= 4 is 33.4 Å². The van der Waals surface area contributed by atoms with E-state index in [1.807, 2.05) is 31.2 Å². The smallest absolute Gasteiger partial charge is 0.261 e. The summed E-state index contributed by atoms with van der Waals surface area (Å²) in [4.78, 5) is 12.3. The van der Waals surface area contributed by atoms with Crippen LogP contribution in [0.4, 0.5) is 11.4 Å². The molecular weight excluding hydrogens is 400 g/mol. The van der Waals surface area contributed by atoms with E-state index >= 15 is 0 Å². The second-order valence-electron chi connectivity index (χ2n) is 6.54. The molecule has 1 amide bonds. The van der Waals surface area contributed by atoms with Crippen LogP contribution in [-0.4, -0.2) is 21.4 Å². The molecule has 7 heteroatoms. The van der Waals surface area contributed by atoms with Gasteiger partial charge in [-0.25, -0.2) is 8.42 Å². The van der Waals surface area contributed by atoms with Crippen molar-refractivity contribution in [3.63, 3.8) is 0 Å². The van der Waals surface area contributed by atoms with Gasteiger partial charge in [0.25, 0.3) is 10.0 Å². The maximum Gasteiger partial charge on any atom is 0.261 e. The first kappa shape index (κ1) is 21.1. The molecule has 3 aromatic rings. The number of carbonyl (C=O) groups excluding carboxylic acids is 1. The molecule has 0 aliphatic rings. The van der Waals surface area contributed by atoms with E-state index in [0.29, 0.717) is 17.1 Å². The van der Waals surface area contributed by atoms with Gasteiger partial charge in [-0.1, -0.05) is 30.3 Å². The molecule has 0 aliphatic carbocycles. The number of anilines is 2. The van der Waals surface area contributed by atoms with Crippen LogP contribution in [-0.2, 0) is 14.8 Å². The summed E-state index contributed by atoms with van der Waals surface area (Å²) in [6, 6.07) is 20.3. The number of hydrogen-bond donors (Lipinski definition) is 2. The second-order valence-corrected chi connectivity index (χ2v) is 8.22. The zero-order valence-corrected chi connectivity index (χ0v) is 17.4. The van der Waals surface area contributed by atoms with Gasteiger partial charge in [0.15, 0.2) is 0 Å². The third-order valence-electron chi connectivity index (χ3n) is 4.36. The minimum atomic E-state index is -3.81. The third-order valence-corrected chi connectivity index (χ3v) is 5.74. The zero-order valence-electron chi connectivity index (χ0n) is 16.6. The predicted octanol–water partition coefficient (Wildman–Crippen LogP) is 4.46. The lowest BCUT2D eigenvalue weighted by Gasteiger charge is -2.10. The maximum atomic E-state index is 12.7. The van der Waals surface area contributed by atoms with Gasteiger partial charge in [0.1, 0.15) is 5.75 Å². The number of sulfonamides is 1. The van der Waals surface area contributed by atoms with Crippen molar-refractivity contribution in [1.82, 2.24) is 0 Å². The maximum absolute atomic E-state index is 12.7. The van der Waals surface area contributed by atoms with E-state index in [9.17, 15) is 13.2 Å². The molecular formula is C23H22N2O4S. The highest BCUT2D eigenvalue weighted by molar-refractivity contribution is 7.92. The Labute approximate surface area is 176 Å².